The monoisotopic (exact) mass is 231 g/mol. The highest BCUT2D eigenvalue weighted by molar-refractivity contribution is 5.62. The number of oxazole rings is 1. The van der Waals surface area contributed by atoms with E-state index in [9.17, 15) is 0 Å². The standard InChI is InChI=1S/C13H17N3O/c1-3-10-7-16-13(17-10)8-15-12-6-4-5-11(14)9(12)2/h4-7,15H,3,8,14H2,1-2H3. The van der Waals surface area contributed by atoms with Crippen LogP contribution in [0.1, 0.15) is 24.1 Å². The normalized spacial score (nSPS) is 10.5. The van der Waals surface area contributed by atoms with Crippen LogP contribution in [0.15, 0.2) is 28.8 Å². The van der Waals surface area contributed by atoms with Crippen LogP contribution >= 0.6 is 0 Å². The Morgan fingerprint density at radius 2 is 2.24 bits per heavy atom. The summed E-state index contributed by atoms with van der Waals surface area (Å²) in [7, 11) is 0. The Bertz CT molecular complexity index is 505. The summed E-state index contributed by atoms with van der Waals surface area (Å²) in [6.45, 7) is 4.61. The molecule has 1 aromatic carbocycles. The highest BCUT2D eigenvalue weighted by Gasteiger charge is 2.04. The molecule has 4 heteroatoms. The number of anilines is 2. The Morgan fingerprint density at radius 1 is 1.41 bits per heavy atom. The van der Waals surface area contributed by atoms with E-state index in [0.717, 1.165) is 29.1 Å². The molecule has 0 aliphatic heterocycles. The zero-order chi connectivity index (χ0) is 12.3. The fourth-order valence-electron chi connectivity index (χ4n) is 1.61. The van der Waals surface area contributed by atoms with E-state index in [4.69, 9.17) is 10.2 Å². The number of nitrogens with zero attached hydrogens (tertiary/aromatic N) is 1. The topological polar surface area (TPSA) is 64.1 Å². The molecule has 0 saturated carbocycles. The van der Waals surface area contributed by atoms with Gasteiger partial charge in [0.25, 0.3) is 0 Å². The molecule has 0 unspecified atom stereocenters. The molecule has 17 heavy (non-hydrogen) atoms. The minimum atomic E-state index is 0.574. The molecule has 1 aromatic heterocycles. The van der Waals surface area contributed by atoms with Crippen molar-refractivity contribution in [2.75, 3.05) is 11.1 Å². The quantitative estimate of drug-likeness (QED) is 0.794. The van der Waals surface area contributed by atoms with Gasteiger partial charge in [-0.3, -0.25) is 0 Å². The summed E-state index contributed by atoms with van der Waals surface area (Å²) >= 11 is 0. The van der Waals surface area contributed by atoms with Gasteiger partial charge in [-0.05, 0) is 24.6 Å². The van der Waals surface area contributed by atoms with E-state index in [1.54, 1.807) is 6.20 Å². The van der Waals surface area contributed by atoms with Gasteiger partial charge in [-0.2, -0.15) is 0 Å². The first-order chi connectivity index (χ1) is 8.20. The van der Waals surface area contributed by atoms with Gasteiger partial charge in [0, 0.05) is 17.8 Å². The second-order valence-corrected chi connectivity index (χ2v) is 3.95. The Morgan fingerprint density at radius 3 is 2.94 bits per heavy atom. The van der Waals surface area contributed by atoms with E-state index in [1.165, 1.54) is 0 Å². The summed E-state index contributed by atoms with van der Waals surface area (Å²) < 4.78 is 5.52. The van der Waals surface area contributed by atoms with Gasteiger partial charge in [0.2, 0.25) is 5.89 Å². The third kappa shape index (κ3) is 2.58. The van der Waals surface area contributed by atoms with Crippen molar-refractivity contribution in [1.29, 1.82) is 0 Å². The van der Waals surface area contributed by atoms with Crippen LogP contribution in [0.4, 0.5) is 11.4 Å². The molecule has 0 amide bonds. The Hall–Kier alpha value is -1.97. The van der Waals surface area contributed by atoms with Crippen molar-refractivity contribution >= 4 is 11.4 Å². The SMILES string of the molecule is CCc1cnc(CNc2cccc(N)c2C)o1. The highest BCUT2D eigenvalue weighted by Crippen LogP contribution is 2.21. The van der Waals surface area contributed by atoms with Crippen LogP contribution in [0.2, 0.25) is 0 Å². The van der Waals surface area contributed by atoms with Crippen molar-refractivity contribution < 1.29 is 4.42 Å². The lowest BCUT2D eigenvalue weighted by molar-refractivity contribution is 0.466. The van der Waals surface area contributed by atoms with Gasteiger partial charge in [-0.25, -0.2) is 4.98 Å². The van der Waals surface area contributed by atoms with Gasteiger partial charge in [0.15, 0.2) is 0 Å². The molecule has 90 valence electrons. The predicted molar refractivity (Wildman–Crippen MR) is 68.8 cm³/mol. The van der Waals surface area contributed by atoms with E-state index in [1.807, 2.05) is 32.0 Å². The lowest BCUT2D eigenvalue weighted by Gasteiger charge is -2.09. The molecule has 0 radical (unpaired) electrons. The summed E-state index contributed by atoms with van der Waals surface area (Å²) in [6, 6.07) is 5.81. The number of rotatable bonds is 4. The third-order valence-corrected chi connectivity index (χ3v) is 2.76. The first-order valence-corrected chi connectivity index (χ1v) is 5.73. The van der Waals surface area contributed by atoms with E-state index < -0.39 is 0 Å². The van der Waals surface area contributed by atoms with Gasteiger partial charge < -0.3 is 15.5 Å². The number of hydrogen-bond donors (Lipinski definition) is 2. The Labute approximate surface area is 101 Å². The molecule has 0 atom stereocenters. The van der Waals surface area contributed by atoms with Gasteiger partial charge >= 0.3 is 0 Å². The van der Waals surface area contributed by atoms with E-state index in [-0.39, 0.29) is 0 Å². The van der Waals surface area contributed by atoms with Crippen LogP contribution in [-0.4, -0.2) is 4.98 Å². The molecule has 0 spiro atoms. The summed E-state index contributed by atoms with van der Waals surface area (Å²) in [5.41, 5.74) is 8.69. The van der Waals surface area contributed by atoms with Crippen molar-refractivity contribution in [3.05, 3.63) is 41.6 Å². The summed E-state index contributed by atoms with van der Waals surface area (Å²) in [5.74, 6) is 1.61. The van der Waals surface area contributed by atoms with Crippen LogP contribution in [0, 0.1) is 6.92 Å². The maximum absolute atomic E-state index is 5.84. The van der Waals surface area contributed by atoms with Crippen LogP contribution in [0.25, 0.3) is 0 Å². The van der Waals surface area contributed by atoms with Crippen LogP contribution in [0.5, 0.6) is 0 Å². The van der Waals surface area contributed by atoms with Crippen LogP contribution in [0.3, 0.4) is 0 Å². The number of aromatic nitrogens is 1. The van der Waals surface area contributed by atoms with Crippen molar-refractivity contribution in [1.82, 2.24) is 4.98 Å². The molecular weight excluding hydrogens is 214 g/mol. The second-order valence-electron chi connectivity index (χ2n) is 3.95. The zero-order valence-electron chi connectivity index (χ0n) is 10.2. The number of benzene rings is 1. The lowest BCUT2D eigenvalue weighted by atomic mass is 10.1. The van der Waals surface area contributed by atoms with E-state index in [2.05, 4.69) is 10.3 Å². The molecule has 2 aromatic rings. The average molecular weight is 231 g/mol. The number of aryl methyl sites for hydroxylation is 1. The second kappa shape index (κ2) is 4.91. The highest BCUT2D eigenvalue weighted by atomic mass is 16.4. The molecule has 3 N–H and O–H groups in total. The first-order valence-electron chi connectivity index (χ1n) is 5.73. The molecule has 4 nitrogen and oxygen atoms in total. The molecule has 0 aliphatic rings. The summed E-state index contributed by atoms with van der Waals surface area (Å²) in [4.78, 5) is 4.19. The van der Waals surface area contributed by atoms with E-state index in [0.29, 0.717) is 12.4 Å². The minimum absolute atomic E-state index is 0.574. The molecule has 1 heterocycles. The Balaban J connectivity index is 2.04. The number of nitrogen functional groups attached to an aromatic ring is 1. The third-order valence-electron chi connectivity index (χ3n) is 2.76. The molecule has 2 rings (SSSR count). The average Bonchev–Trinajstić information content (AvgIpc) is 2.79. The molecule has 0 aliphatic carbocycles. The predicted octanol–water partition coefficient (Wildman–Crippen LogP) is 2.74. The maximum Gasteiger partial charge on any atom is 0.213 e. The van der Waals surface area contributed by atoms with Crippen LogP contribution in [-0.2, 0) is 13.0 Å². The van der Waals surface area contributed by atoms with E-state index >= 15 is 0 Å². The molecule has 0 bridgehead atoms. The van der Waals surface area contributed by atoms with Crippen molar-refractivity contribution in [2.45, 2.75) is 26.8 Å². The van der Waals surface area contributed by atoms with Crippen LogP contribution < -0.4 is 11.1 Å². The lowest BCUT2D eigenvalue weighted by Crippen LogP contribution is -2.02. The summed E-state index contributed by atoms with van der Waals surface area (Å²) in [5, 5.41) is 3.27. The fraction of sp³-hybridized carbons (Fsp3) is 0.308. The zero-order valence-corrected chi connectivity index (χ0v) is 10.2. The number of nitrogens with two attached hydrogens (primary N) is 1. The number of hydrogen-bond acceptors (Lipinski definition) is 4. The van der Waals surface area contributed by atoms with Gasteiger partial charge in [0.1, 0.15) is 5.76 Å². The maximum atomic E-state index is 5.84. The van der Waals surface area contributed by atoms with Gasteiger partial charge in [-0.1, -0.05) is 13.0 Å². The number of nitrogens with one attached hydrogen (secondary N) is 1. The smallest absolute Gasteiger partial charge is 0.213 e. The Kier molecular flexibility index (Phi) is 3.32. The first kappa shape index (κ1) is 11.5. The largest absolute Gasteiger partial charge is 0.444 e. The summed E-state index contributed by atoms with van der Waals surface area (Å²) in [6.07, 6.45) is 2.63. The van der Waals surface area contributed by atoms with Gasteiger partial charge in [0.05, 0.1) is 12.7 Å². The van der Waals surface area contributed by atoms with Crippen molar-refractivity contribution in [2.24, 2.45) is 0 Å². The van der Waals surface area contributed by atoms with Crippen molar-refractivity contribution in [3.8, 4) is 0 Å². The molecule has 0 saturated heterocycles. The minimum Gasteiger partial charge on any atom is -0.444 e. The van der Waals surface area contributed by atoms with Crippen molar-refractivity contribution in [3.63, 3.8) is 0 Å². The fourth-order valence-corrected chi connectivity index (χ4v) is 1.61. The molecule has 0 fully saturated rings. The molecular formula is C13H17N3O. The van der Waals surface area contributed by atoms with Gasteiger partial charge in [-0.15, -0.1) is 0 Å².